The van der Waals surface area contributed by atoms with Crippen molar-refractivity contribution in [3.05, 3.63) is 0 Å². The van der Waals surface area contributed by atoms with Gasteiger partial charge in [0.2, 0.25) is 0 Å². The summed E-state index contributed by atoms with van der Waals surface area (Å²) in [5, 5.41) is 0. The fraction of sp³-hybridized carbons (Fsp3) is 1.00. The zero-order valence-corrected chi connectivity index (χ0v) is 6.47. The Kier molecular flexibility index (Phi) is 8.30. The van der Waals surface area contributed by atoms with Gasteiger partial charge in [0.25, 0.3) is 10.1 Å². The van der Waals surface area contributed by atoms with Crippen molar-refractivity contribution < 1.29 is 17.7 Å². The molecule has 0 aliphatic carbocycles. The number of hydrogen-bond donors (Lipinski definition) is 2. The van der Waals surface area contributed by atoms with Crippen molar-refractivity contribution in [3.63, 3.8) is 0 Å². The van der Waals surface area contributed by atoms with Crippen LogP contribution < -0.4 is 5.73 Å². The van der Waals surface area contributed by atoms with Gasteiger partial charge in [0, 0.05) is 13.2 Å². The van der Waals surface area contributed by atoms with Gasteiger partial charge in [-0.1, -0.05) is 0 Å². The van der Waals surface area contributed by atoms with Crippen LogP contribution in [0.2, 0.25) is 0 Å². The Balaban J connectivity index is 0. The SMILES string of the molecule is CCOC(CN)S(=O)(=O)O.[NaH]. The zero-order valence-electron chi connectivity index (χ0n) is 5.65. The van der Waals surface area contributed by atoms with Gasteiger partial charge < -0.3 is 10.5 Å². The average Bonchev–Trinajstić information content (AvgIpc) is 1.80. The molecule has 0 aromatic heterocycles. The van der Waals surface area contributed by atoms with E-state index in [9.17, 15) is 8.42 Å². The molecule has 7 heteroatoms. The first-order valence-corrected chi connectivity index (χ1v) is 4.30. The van der Waals surface area contributed by atoms with E-state index in [1.54, 1.807) is 6.92 Å². The summed E-state index contributed by atoms with van der Waals surface area (Å²) in [6.07, 6.45) is 0. The Morgan fingerprint density at radius 2 is 2.09 bits per heavy atom. The maximum atomic E-state index is 10.3. The molecule has 0 aromatic rings. The van der Waals surface area contributed by atoms with Gasteiger partial charge in [-0.25, -0.2) is 0 Å². The molecule has 0 bridgehead atoms. The Labute approximate surface area is 88.3 Å². The third-order valence-electron chi connectivity index (χ3n) is 0.877. The van der Waals surface area contributed by atoms with E-state index in [0.29, 0.717) is 0 Å². The first-order valence-electron chi connectivity index (χ1n) is 2.80. The summed E-state index contributed by atoms with van der Waals surface area (Å²) in [6.45, 7) is 1.60. The minimum atomic E-state index is -4.12. The van der Waals surface area contributed by atoms with Crippen LogP contribution in [0.1, 0.15) is 6.92 Å². The van der Waals surface area contributed by atoms with E-state index in [2.05, 4.69) is 4.74 Å². The molecule has 64 valence electrons. The van der Waals surface area contributed by atoms with Crippen LogP contribution in [0.15, 0.2) is 0 Å². The summed E-state index contributed by atoms with van der Waals surface area (Å²) in [4.78, 5) is 0. The van der Waals surface area contributed by atoms with Crippen molar-refractivity contribution in [2.24, 2.45) is 5.73 Å². The number of hydrogen-bond acceptors (Lipinski definition) is 4. The van der Waals surface area contributed by atoms with E-state index in [1.807, 2.05) is 0 Å². The Hall–Kier alpha value is 0.830. The first-order chi connectivity index (χ1) is 4.52. The van der Waals surface area contributed by atoms with E-state index in [4.69, 9.17) is 10.3 Å². The Morgan fingerprint density at radius 1 is 1.64 bits per heavy atom. The molecule has 0 aliphatic rings. The minimum absolute atomic E-state index is 0. The van der Waals surface area contributed by atoms with Crippen LogP contribution in [0.3, 0.4) is 0 Å². The van der Waals surface area contributed by atoms with Crippen molar-refractivity contribution in [2.45, 2.75) is 12.4 Å². The topological polar surface area (TPSA) is 89.6 Å². The molecule has 0 amide bonds. The van der Waals surface area contributed by atoms with Gasteiger partial charge in [0.1, 0.15) is 0 Å². The van der Waals surface area contributed by atoms with Crippen molar-refractivity contribution in [1.82, 2.24) is 0 Å². The predicted octanol–water partition coefficient (Wildman–Crippen LogP) is -1.45. The number of ether oxygens (including phenoxy) is 1. The van der Waals surface area contributed by atoms with Crippen LogP contribution in [0, 0.1) is 0 Å². The molecule has 1 atom stereocenters. The fourth-order valence-electron chi connectivity index (χ4n) is 0.462. The molecule has 0 heterocycles. The van der Waals surface area contributed by atoms with Crippen LogP contribution in [0.25, 0.3) is 0 Å². The van der Waals surface area contributed by atoms with Crippen LogP contribution >= 0.6 is 0 Å². The first kappa shape index (κ1) is 14.4. The standard InChI is InChI=1S/C4H11NO4S.Na.H/c1-2-9-4(3-5)10(6,7)8;;/h4H,2-3,5H2,1H3,(H,6,7,8);;. The summed E-state index contributed by atoms with van der Waals surface area (Å²) >= 11 is 0. The molecule has 0 aliphatic heterocycles. The van der Waals surface area contributed by atoms with Gasteiger partial charge >= 0.3 is 29.6 Å². The molecule has 0 fully saturated rings. The Bertz CT molecular complexity index is 181. The number of rotatable bonds is 4. The van der Waals surface area contributed by atoms with Gasteiger partial charge in [-0.2, -0.15) is 8.42 Å². The summed E-state index contributed by atoms with van der Waals surface area (Å²) in [5.74, 6) is 0. The summed E-state index contributed by atoms with van der Waals surface area (Å²) in [5.41, 5.74) is 3.70. The maximum absolute atomic E-state index is 10.3. The molecule has 5 nitrogen and oxygen atoms in total. The molecule has 0 saturated carbocycles. The average molecular weight is 193 g/mol. The molecule has 0 saturated heterocycles. The van der Waals surface area contributed by atoms with Crippen LogP contribution in [-0.2, 0) is 14.9 Å². The fourth-order valence-corrected chi connectivity index (χ4v) is 1.01. The normalized spacial score (nSPS) is 13.7. The number of nitrogens with two attached hydrogens (primary N) is 1. The summed E-state index contributed by atoms with van der Waals surface area (Å²) in [6, 6.07) is 0. The molecular weight excluding hydrogens is 181 g/mol. The molecule has 1 unspecified atom stereocenters. The van der Waals surface area contributed by atoms with Gasteiger partial charge in [0.15, 0.2) is 5.44 Å². The van der Waals surface area contributed by atoms with Crippen molar-refractivity contribution in [1.29, 1.82) is 0 Å². The third-order valence-corrected chi connectivity index (χ3v) is 1.87. The van der Waals surface area contributed by atoms with E-state index in [0.717, 1.165) is 0 Å². The van der Waals surface area contributed by atoms with Crippen LogP contribution in [0.4, 0.5) is 0 Å². The second-order valence-corrected chi connectivity index (χ2v) is 3.19. The second kappa shape index (κ2) is 6.36. The van der Waals surface area contributed by atoms with Crippen molar-refractivity contribution in [2.75, 3.05) is 13.2 Å². The van der Waals surface area contributed by atoms with E-state index < -0.39 is 15.6 Å². The predicted molar refractivity (Wildman–Crippen MR) is 43.2 cm³/mol. The van der Waals surface area contributed by atoms with E-state index in [-0.39, 0.29) is 42.7 Å². The van der Waals surface area contributed by atoms with Crippen molar-refractivity contribution >= 4 is 39.7 Å². The molecule has 3 N–H and O–H groups in total. The second-order valence-electron chi connectivity index (χ2n) is 1.64. The van der Waals surface area contributed by atoms with Crippen LogP contribution in [0.5, 0.6) is 0 Å². The van der Waals surface area contributed by atoms with Gasteiger partial charge in [-0.3, -0.25) is 4.55 Å². The zero-order chi connectivity index (χ0) is 8.20. The van der Waals surface area contributed by atoms with Crippen LogP contribution in [-0.4, -0.2) is 61.1 Å². The van der Waals surface area contributed by atoms with Gasteiger partial charge in [-0.05, 0) is 6.92 Å². The van der Waals surface area contributed by atoms with Gasteiger partial charge in [0.05, 0.1) is 0 Å². The summed E-state index contributed by atoms with van der Waals surface area (Å²) < 4.78 is 33.6. The monoisotopic (exact) mass is 193 g/mol. The van der Waals surface area contributed by atoms with E-state index in [1.165, 1.54) is 0 Å². The molecule has 0 radical (unpaired) electrons. The Morgan fingerprint density at radius 3 is 2.18 bits per heavy atom. The molecule has 11 heavy (non-hydrogen) atoms. The third kappa shape index (κ3) is 6.03. The van der Waals surface area contributed by atoms with Gasteiger partial charge in [-0.15, -0.1) is 0 Å². The quantitative estimate of drug-likeness (QED) is 0.421. The molecule has 0 aromatic carbocycles. The molecular formula is C4H12NNaO4S. The van der Waals surface area contributed by atoms with E-state index >= 15 is 0 Å². The molecule has 0 rings (SSSR count). The summed E-state index contributed by atoms with van der Waals surface area (Å²) in [7, 11) is -4.12. The molecule has 0 spiro atoms. The van der Waals surface area contributed by atoms with Crippen molar-refractivity contribution in [3.8, 4) is 0 Å².